The number of unbranched alkanes of at least 4 members (excludes halogenated alkanes) is 15. The van der Waals surface area contributed by atoms with Crippen molar-refractivity contribution in [3.05, 3.63) is 36.5 Å². The average Bonchev–Trinajstić information content (AvgIpc) is 2.99. The molecule has 0 aliphatic heterocycles. The first-order valence-corrected chi connectivity index (χ1v) is 19.9. The minimum absolute atomic E-state index is 0.0539. The summed E-state index contributed by atoms with van der Waals surface area (Å²) in [4.78, 5) is 22.9. The fourth-order valence-corrected chi connectivity index (χ4v) is 5.57. The van der Waals surface area contributed by atoms with Gasteiger partial charge in [0.2, 0.25) is 5.91 Å². The minimum atomic E-state index is -4.33. The van der Waals surface area contributed by atoms with Crippen molar-refractivity contribution in [2.45, 2.75) is 154 Å². The zero-order valence-corrected chi connectivity index (χ0v) is 31.2. The summed E-state index contributed by atoms with van der Waals surface area (Å²) < 4.78 is 23.4. The van der Waals surface area contributed by atoms with Crippen molar-refractivity contribution in [3.63, 3.8) is 0 Å². The molecular weight excluding hydrogens is 599 g/mol. The molecule has 270 valence electrons. The lowest BCUT2D eigenvalue weighted by Gasteiger charge is -2.25. The first kappa shape index (κ1) is 44.7. The van der Waals surface area contributed by atoms with Gasteiger partial charge in [0.25, 0.3) is 0 Å². The van der Waals surface area contributed by atoms with Gasteiger partial charge in [-0.1, -0.05) is 127 Å². The maximum Gasteiger partial charge on any atom is 0.472 e. The summed E-state index contributed by atoms with van der Waals surface area (Å²) in [5.74, 6) is -0.198. The molecule has 0 aromatic rings. The Labute approximate surface area is 283 Å². The maximum absolute atomic E-state index is 12.7. The summed E-state index contributed by atoms with van der Waals surface area (Å²) in [5.41, 5.74) is 0. The average molecular weight is 672 g/mol. The van der Waals surface area contributed by atoms with Gasteiger partial charge in [0.05, 0.1) is 39.9 Å². The van der Waals surface area contributed by atoms with Crippen LogP contribution in [-0.2, 0) is 18.4 Å². The molecule has 0 fully saturated rings. The van der Waals surface area contributed by atoms with Crippen molar-refractivity contribution in [1.29, 1.82) is 0 Å². The number of carbonyl (C=O) groups is 1. The third-order valence-corrected chi connectivity index (χ3v) is 8.82. The lowest BCUT2D eigenvalue weighted by Crippen LogP contribution is -2.45. The maximum atomic E-state index is 12.7. The van der Waals surface area contributed by atoms with Crippen molar-refractivity contribution in [1.82, 2.24) is 5.32 Å². The van der Waals surface area contributed by atoms with E-state index in [0.717, 1.165) is 44.9 Å². The SMILES string of the molecule is CCCCCCC/C=C/CC/C=C/CC/C=C/C(O)C(COP(=O)(O)OCC[N+](C)(C)C)NC(=O)CCCCCCCCCCC. The Morgan fingerprint density at radius 1 is 0.717 bits per heavy atom. The monoisotopic (exact) mass is 672 g/mol. The van der Waals surface area contributed by atoms with Crippen LogP contribution >= 0.6 is 7.82 Å². The molecule has 0 saturated heterocycles. The molecule has 0 aliphatic carbocycles. The molecule has 0 radical (unpaired) electrons. The number of nitrogens with one attached hydrogen (secondary N) is 1. The lowest BCUT2D eigenvalue weighted by atomic mass is 10.1. The van der Waals surface area contributed by atoms with Crippen LogP contribution in [0.15, 0.2) is 36.5 Å². The summed E-state index contributed by atoms with van der Waals surface area (Å²) in [5, 5.41) is 13.7. The molecule has 0 aromatic heterocycles. The number of allylic oxidation sites excluding steroid dienone is 5. The predicted molar refractivity (Wildman–Crippen MR) is 194 cm³/mol. The van der Waals surface area contributed by atoms with Gasteiger partial charge in [-0.2, -0.15) is 0 Å². The molecule has 0 spiro atoms. The highest BCUT2D eigenvalue weighted by molar-refractivity contribution is 7.47. The topological polar surface area (TPSA) is 105 Å². The Morgan fingerprint density at radius 2 is 1.20 bits per heavy atom. The van der Waals surface area contributed by atoms with Crippen LogP contribution in [0.2, 0.25) is 0 Å². The van der Waals surface area contributed by atoms with Crippen molar-refractivity contribution in [2.24, 2.45) is 0 Å². The standard InChI is InChI=1S/C37H71N2O6P/c1-6-8-10-12-14-16-17-18-19-20-21-23-24-26-28-30-36(40)35(34-45-46(42,43)44-33-32-39(3,4)5)38-37(41)31-29-27-25-22-15-13-11-9-7-2/h17-18,21,23,28,30,35-36,40H,6-16,19-20,22,24-27,29,31-34H2,1-5H3,(H-,38,41,42,43)/p+1/b18-17+,23-21+,30-28+. The van der Waals surface area contributed by atoms with Crippen LogP contribution in [0.5, 0.6) is 0 Å². The molecule has 0 aromatic carbocycles. The fraction of sp³-hybridized carbons (Fsp3) is 0.811. The van der Waals surface area contributed by atoms with E-state index >= 15 is 0 Å². The zero-order valence-electron chi connectivity index (χ0n) is 30.3. The first-order valence-electron chi connectivity index (χ1n) is 18.4. The summed E-state index contributed by atoms with van der Waals surface area (Å²) in [7, 11) is 1.54. The van der Waals surface area contributed by atoms with Gasteiger partial charge in [0.1, 0.15) is 13.2 Å². The van der Waals surface area contributed by atoms with E-state index in [1.54, 1.807) is 6.08 Å². The van der Waals surface area contributed by atoms with Crippen LogP contribution in [0.1, 0.15) is 142 Å². The number of carbonyl (C=O) groups excluding carboxylic acids is 1. The number of nitrogens with zero attached hydrogens (tertiary/aromatic N) is 1. The molecule has 3 unspecified atom stereocenters. The van der Waals surface area contributed by atoms with Crippen molar-refractivity contribution in [3.8, 4) is 0 Å². The molecule has 0 aliphatic rings. The minimum Gasteiger partial charge on any atom is -0.387 e. The number of phosphoric ester groups is 1. The van der Waals surface area contributed by atoms with Crippen LogP contribution in [0, 0.1) is 0 Å². The molecule has 3 N–H and O–H groups in total. The van der Waals surface area contributed by atoms with Gasteiger partial charge in [-0.05, 0) is 44.9 Å². The molecular formula is C37H72N2O6P+. The van der Waals surface area contributed by atoms with Gasteiger partial charge in [0, 0.05) is 6.42 Å². The van der Waals surface area contributed by atoms with Crippen LogP contribution in [-0.4, -0.2) is 73.4 Å². The van der Waals surface area contributed by atoms with E-state index in [1.165, 1.54) is 77.0 Å². The molecule has 0 heterocycles. The highest BCUT2D eigenvalue weighted by Gasteiger charge is 2.27. The summed E-state index contributed by atoms with van der Waals surface area (Å²) >= 11 is 0. The molecule has 3 atom stereocenters. The molecule has 9 heteroatoms. The van der Waals surface area contributed by atoms with Gasteiger partial charge < -0.3 is 19.8 Å². The Bertz CT molecular complexity index is 855. The van der Waals surface area contributed by atoms with Crippen LogP contribution < -0.4 is 5.32 Å². The van der Waals surface area contributed by atoms with Crippen molar-refractivity contribution < 1.29 is 32.9 Å². The Balaban J connectivity index is 4.65. The number of rotatable bonds is 32. The van der Waals surface area contributed by atoms with Crippen LogP contribution in [0.3, 0.4) is 0 Å². The summed E-state index contributed by atoms with van der Waals surface area (Å²) in [6, 6.07) is -0.862. The molecule has 1 amide bonds. The van der Waals surface area contributed by atoms with E-state index in [-0.39, 0.29) is 19.1 Å². The number of amides is 1. The van der Waals surface area contributed by atoms with Crippen LogP contribution in [0.4, 0.5) is 0 Å². The normalized spacial score (nSPS) is 15.2. The second-order valence-electron chi connectivity index (χ2n) is 13.6. The van der Waals surface area contributed by atoms with E-state index in [0.29, 0.717) is 17.4 Å². The third kappa shape index (κ3) is 31.3. The Hall–Kier alpha value is -1.28. The number of hydrogen-bond donors (Lipinski definition) is 3. The second-order valence-corrected chi connectivity index (χ2v) is 15.0. The fourth-order valence-electron chi connectivity index (χ4n) is 4.83. The van der Waals surface area contributed by atoms with E-state index in [1.807, 2.05) is 27.2 Å². The number of quaternary nitrogens is 1. The Kier molecular flexibility index (Phi) is 29.0. The molecule has 0 rings (SSSR count). The summed E-state index contributed by atoms with van der Waals surface area (Å²) in [6.45, 7) is 4.71. The Morgan fingerprint density at radius 3 is 1.74 bits per heavy atom. The van der Waals surface area contributed by atoms with Crippen molar-refractivity contribution >= 4 is 13.7 Å². The highest BCUT2D eigenvalue weighted by Crippen LogP contribution is 2.43. The number of aliphatic hydroxyl groups excluding tert-OH is 1. The lowest BCUT2D eigenvalue weighted by molar-refractivity contribution is -0.870. The second kappa shape index (κ2) is 29.8. The van der Waals surface area contributed by atoms with Crippen molar-refractivity contribution in [2.75, 3.05) is 40.9 Å². The smallest absolute Gasteiger partial charge is 0.387 e. The van der Waals surface area contributed by atoms with Gasteiger partial charge >= 0.3 is 7.82 Å². The number of aliphatic hydroxyl groups is 1. The van der Waals surface area contributed by atoms with Gasteiger partial charge in [-0.15, -0.1) is 0 Å². The molecule has 0 saturated carbocycles. The van der Waals surface area contributed by atoms with Gasteiger partial charge in [-0.3, -0.25) is 13.8 Å². The van der Waals surface area contributed by atoms with E-state index in [2.05, 4.69) is 43.5 Å². The van der Waals surface area contributed by atoms with E-state index in [4.69, 9.17) is 9.05 Å². The first-order chi connectivity index (χ1) is 22.0. The number of likely N-dealkylation sites (N-methyl/N-ethyl adjacent to an activating group) is 1. The quantitative estimate of drug-likeness (QED) is 0.0285. The predicted octanol–water partition coefficient (Wildman–Crippen LogP) is 9.18. The largest absolute Gasteiger partial charge is 0.472 e. The summed E-state index contributed by atoms with van der Waals surface area (Å²) in [6.07, 6.45) is 33.6. The van der Waals surface area contributed by atoms with E-state index in [9.17, 15) is 19.4 Å². The highest BCUT2D eigenvalue weighted by atomic mass is 31.2. The third-order valence-electron chi connectivity index (χ3n) is 7.84. The number of phosphoric acid groups is 1. The molecule has 8 nitrogen and oxygen atoms in total. The number of hydrogen-bond acceptors (Lipinski definition) is 5. The van der Waals surface area contributed by atoms with Crippen LogP contribution in [0.25, 0.3) is 0 Å². The molecule has 46 heavy (non-hydrogen) atoms. The van der Waals surface area contributed by atoms with E-state index < -0.39 is 20.0 Å². The van der Waals surface area contributed by atoms with Gasteiger partial charge in [-0.25, -0.2) is 4.57 Å². The molecule has 0 bridgehead atoms. The zero-order chi connectivity index (χ0) is 34.4. The van der Waals surface area contributed by atoms with Gasteiger partial charge in [0.15, 0.2) is 0 Å².